The number of methoxy groups -OCH3 is 1. The number of aromatic nitrogens is 3. The van der Waals surface area contributed by atoms with Gasteiger partial charge in [0.25, 0.3) is 0 Å². The molecule has 0 unspecified atom stereocenters. The van der Waals surface area contributed by atoms with Crippen molar-refractivity contribution in [1.29, 1.82) is 0 Å². The molecular weight excluding hydrogens is 523 g/mol. The molecule has 2 aromatic rings. The number of aryl methyl sites for hydroxylation is 3. The summed E-state index contributed by atoms with van der Waals surface area (Å²) in [5.74, 6) is 0.890. The number of fused-ring (bicyclic) bond motifs is 1. The highest BCUT2D eigenvalue weighted by molar-refractivity contribution is 5.79. The van der Waals surface area contributed by atoms with E-state index >= 15 is 0 Å². The zero-order valence-electron chi connectivity index (χ0n) is 25.8. The summed E-state index contributed by atoms with van der Waals surface area (Å²) in [4.78, 5) is 30.6. The SMILES string of the molecule is COC[C@@H](F)CN(CCCCc1ccc2c(n1)CCCC2)CC[C@H](Nc1cc(N(C)C)ncn1)C(=O)OC(C)(C)C. The van der Waals surface area contributed by atoms with E-state index in [2.05, 4.69) is 32.3 Å². The third-order valence-electron chi connectivity index (χ3n) is 7.06. The van der Waals surface area contributed by atoms with Crippen molar-refractivity contribution in [2.24, 2.45) is 0 Å². The molecule has 1 N–H and O–H groups in total. The van der Waals surface area contributed by atoms with Crippen molar-refractivity contribution in [2.45, 2.75) is 90.0 Å². The van der Waals surface area contributed by atoms with Crippen LogP contribution in [0.2, 0.25) is 0 Å². The van der Waals surface area contributed by atoms with Crippen molar-refractivity contribution in [3.63, 3.8) is 0 Å². The van der Waals surface area contributed by atoms with E-state index in [1.807, 2.05) is 39.8 Å². The first-order valence-corrected chi connectivity index (χ1v) is 14.9. The smallest absolute Gasteiger partial charge is 0.329 e. The van der Waals surface area contributed by atoms with Crippen molar-refractivity contribution < 1.29 is 18.7 Å². The van der Waals surface area contributed by atoms with Crippen molar-refractivity contribution in [3.05, 3.63) is 41.5 Å². The van der Waals surface area contributed by atoms with Gasteiger partial charge in [0.05, 0.1) is 6.61 Å². The highest BCUT2D eigenvalue weighted by atomic mass is 19.1. The molecule has 2 atom stereocenters. The van der Waals surface area contributed by atoms with Gasteiger partial charge in [0, 0.05) is 51.7 Å². The summed E-state index contributed by atoms with van der Waals surface area (Å²) in [6, 6.07) is 5.54. The van der Waals surface area contributed by atoms with Crippen LogP contribution in [0.4, 0.5) is 16.0 Å². The molecule has 10 heteroatoms. The number of halogens is 1. The van der Waals surface area contributed by atoms with Crippen LogP contribution in [-0.2, 0) is 33.5 Å². The quantitative estimate of drug-likeness (QED) is 0.228. The van der Waals surface area contributed by atoms with E-state index in [9.17, 15) is 9.18 Å². The van der Waals surface area contributed by atoms with E-state index in [0.29, 0.717) is 25.3 Å². The van der Waals surface area contributed by atoms with Gasteiger partial charge in [-0.15, -0.1) is 0 Å². The summed E-state index contributed by atoms with van der Waals surface area (Å²) in [6.45, 7) is 7.05. The Bertz CT molecular complexity index is 1090. The predicted octanol–water partition coefficient (Wildman–Crippen LogP) is 4.64. The minimum Gasteiger partial charge on any atom is -0.458 e. The van der Waals surface area contributed by atoms with Crippen LogP contribution in [0.15, 0.2) is 24.5 Å². The Hall–Kier alpha value is -2.85. The molecule has 41 heavy (non-hydrogen) atoms. The molecule has 0 fully saturated rings. The second kappa shape index (κ2) is 16.0. The summed E-state index contributed by atoms with van der Waals surface area (Å²) < 4.78 is 25.4. The fourth-order valence-corrected chi connectivity index (χ4v) is 5.00. The van der Waals surface area contributed by atoms with Crippen LogP contribution in [0.3, 0.4) is 0 Å². The molecule has 0 bridgehead atoms. The van der Waals surface area contributed by atoms with Crippen molar-refractivity contribution in [2.75, 3.05) is 57.7 Å². The predicted molar refractivity (Wildman–Crippen MR) is 161 cm³/mol. The monoisotopic (exact) mass is 572 g/mol. The molecular formula is C31H49FN6O3. The lowest BCUT2D eigenvalue weighted by atomic mass is 9.95. The highest BCUT2D eigenvalue weighted by Crippen LogP contribution is 2.21. The number of hydrogen-bond donors (Lipinski definition) is 1. The number of alkyl halides is 1. The van der Waals surface area contributed by atoms with Crippen molar-refractivity contribution >= 4 is 17.6 Å². The maximum Gasteiger partial charge on any atom is 0.329 e. The Balaban J connectivity index is 1.62. The Morgan fingerprint density at radius 1 is 1.12 bits per heavy atom. The van der Waals surface area contributed by atoms with Gasteiger partial charge in [-0.3, -0.25) is 4.98 Å². The van der Waals surface area contributed by atoms with E-state index < -0.39 is 17.8 Å². The van der Waals surface area contributed by atoms with Gasteiger partial charge in [-0.25, -0.2) is 19.2 Å². The molecule has 0 saturated heterocycles. The normalized spacial score (nSPS) is 14.8. The molecule has 1 aliphatic rings. The van der Waals surface area contributed by atoms with Crippen LogP contribution >= 0.6 is 0 Å². The molecule has 0 aliphatic heterocycles. The third kappa shape index (κ3) is 11.5. The summed E-state index contributed by atoms with van der Waals surface area (Å²) in [5.41, 5.74) is 3.16. The zero-order chi connectivity index (χ0) is 29.8. The summed E-state index contributed by atoms with van der Waals surface area (Å²) in [7, 11) is 5.30. The fourth-order valence-electron chi connectivity index (χ4n) is 5.00. The van der Waals surface area contributed by atoms with Crippen LogP contribution < -0.4 is 10.2 Å². The first kappa shape index (κ1) is 32.7. The van der Waals surface area contributed by atoms with Gasteiger partial charge in [-0.05, 0) is 90.3 Å². The van der Waals surface area contributed by atoms with Gasteiger partial charge in [0.2, 0.25) is 0 Å². The van der Waals surface area contributed by atoms with Crippen LogP contribution in [0, 0.1) is 0 Å². The maximum absolute atomic E-state index is 14.7. The molecule has 0 aromatic carbocycles. The number of nitrogens with one attached hydrogen (secondary N) is 1. The van der Waals surface area contributed by atoms with Crippen LogP contribution in [0.1, 0.15) is 69.8 Å². The van der Waals surface area contributed by atoms with Crippen molar-refractivity contribution in [3.8, 4) is 0 Å². The minimum absolute atomic E-state index is 0.0392. The molecule has 9 nitrogen and oxygen atoms in total. The molecule has 228 valence electrons. The van der Waals surface area contributed by atoms with E-state index in [-0.39, 0.29) is 19.1 Å². The van der Waals surface area contributed by atoms with Crippen LogP contribution in [-0.4, -0.2) is 91.1 Å². The second-order valence-corrected chi connectivity index (χ2v) is 12.1. The Morgan fingerprint density at radius 2 is 1.90 bits per heavy atom. The molecule has 0 spiro atoms. The number of carbonyl (C=O) groups is 1. The van der Waals surface area contributed by atoms with E-state index in [4.69, 9.17) is 14.5 Å². The number of carbonyl (C=O) groups excluding carboxylic acids is 1. The molecule has 0 radical (unpaired) electrons. The number of ether oxygens (including phenoxy) is 2. The number of hydrogen-bond acceptors (Lipinski definition) is 9. The fraction of sp³-hybridized carbons (Fsp3) is 0.677. The highest BCUT2D eigenvalue weighted by Gasteiger charge is 2.27. The number of unbranched alkanes of at least 4 members (excludes halogenated alkanes) is 1. The van der Waals surface area contributed by atoms with Crippen molar-refractivity contribution in [1.82, 2.24) is 19.9 Å². The number of pyridine rings is 1. The summed E-state index contributed by atoms with van der Waals surface area (Å²) in [6.07, 6.45) is 8.24. The maximum atomic E-state index is 14.7. The number of nitrogens with zero attached hydrogens (tertiary/aromatic N) is 5. The number of esters is 1. The number of rotatable bonds is 16. The third-order valence-corrected chi connectivity index (χ3v) is 7.06. The second-order valence-electron chi connectivity index (χ2n) is 12.1. The lowest BCUT2D eigenvalue weighted by Crippen LogP contribution is -2.41. The Kier molecular flexibility index (Phi) is 12.7. The van der Waals surface area contributed by atoms with E-state index in [1.54, 1.807) is 6.07 Å². The molecule has 0 amide bonds. The molecule has 2 heterocycles. The van der Waals surface area contributed by atoms with E-state index in [1.165, 1.54) is 37.5 Å². The molecule has 3 rings (SSSR count). The summed E-state index contributed by atoms with van der Waals surface area (Å²) >= 11 is 0. The van der Waals surface area contributed by atoms with Gasteiger partial charge in [0.15, 0.2) is 0 Å². The van der Waals surface area contributed by atoms with Gasteiger partial charge in [-0.2, -0.15) is 0 Å². The van der Waals surface area contributed by atoms with Crippen LogP contribution in [0.25, 0.3) is 0 Å². The van der Waals surface area contributed by atoms with Crippen LogP contribution in [0.5, 0.6) is 0 Å². The van der Waals surface area contributed by atoms with Gasteiger partial charge in [0.1, 0.15) is 35.8 Å². The first-order valence-electron chi connectivity index (χ1n) is 14.9. The molecule has 0 saturated carbocycles. The lowest BCUT2D eigenvalue weighted by Gasteiger charge is -2.28. The Morgan fingerprint density at radius 3 is 2.63 bits per heavy atom. The minimum atomic E-state index is -1.11. The molecule has 1 aliphatic carbocycles. The Labute approximate surface area is 245 Å². The zero-order valence-corrected chi connectivity index (χ0v) is 25.8. The van der Waals surface area contributed by atoms with Gasteiger partial charge >= 0.3 is 5.97 Å². The van der Waals surface area contributed by atoms with E-state index in [0.717, 1.165) is 43.6 Å². The lowest BCUT2D eigenvalue weighted by molar-refractivity contribution is -0.156. The average Bonchev–Trinajstić information content (AvgIpc) is 2.92. The van der Waals surface area contributed by atoms with Gasteiger partial charge in [-0.1, -0.05) is 6.07 Å². The number of anilines is 2. The largest absolute Gasteiger partial charge is 0.458 e. The standard InChI is InChI=1S/C31H49FN6O3/c1-31(2,3)41-30(39)27(36-28-19-29(37(4)5)34-22-33-28)16-18-38(20-24(32)21-40-6)17-10-9-12-25-15-14-23-11-7-8-13-26(23)35-25/h14-15,19,22,24,27H,7-13,16-18,20-21H2,1-6H3,(H,33,34,36)/t24-,27-/m0/s1. The molecule has 2 aromatic heterocycles. The first-order chi connectivity index (χ1) is 19.5. The summed E-state index contributed by atoms with van der Waals surface area (Å²) in [5, 5.41) is 3.24. The average molecular weight is 573 g/mol. The van der Waals surface area contributed by atoms with Gasteiger partial charge < -0.3 is 24.6 Å². The topological polar surface area (TPSA) is 92.7 Å².